The van der Waals surface area contributed by atoms with Crippen LogP contribution in [0.3, 0.4) is 0 Å². The Balaban J connectivity index is 1.33. The lowest BCUT2D eigenvalue weighted by molar-refractivity contribution is 0.244. The van der Waals surface area contributed by atoms with E-state index < -0.39 is 0 Å². The predicted molar refractivity (Wildman–Crippen MR) is 156 cm³/mol. The Hall–Kier alpha value is -4.06. The molecule has 11 heteroatoms. The van der Waals surface area contributed by atoms with Crippen LogP contribution in [0.2, 0.25) is 0 Å². The summed E-state index contributed by atoms with van der Waals surface area (Å²) >= 11 is 0. The normalized spacial score (nSPS) is 16.1. The Bertz CT molecular complexity index is 1190. The third-order valence-corrected chi connectivity index (χ3v) is 6.29. The van der Waals surface area contributed by atoms with Gasteiger partial charge in [-0.3, -0.25) is 9.89 Å². The number of rotatable bonds is 15. The van der Waals surface area contributed by atoms with E-state index in [1.807, 2.05) is 54.7 Å². The van der Waals surface area contributed by atoms with Crippen molar-refractivity contribution < 1.29 is 9.53 Å². The fraction of sp³-hybridized carbons (Fsp3) is 0.357. The average Bonchev–Trinajstić information content (AvgIpc) is 3.35. The molecule has 2 amide bonds. The lowest BCUT2D eigenvalue weighted by atomic mass is 10.1. The number of urea groups is 1. The Labute approximate surface area is 229 Å². The summed E-state index contributed by atoms with van der Waals surface area (Å²) in [5, 5.41) is 13.1. The van der Waals surface area contributed by atoms with Gasteiger partial charge in [0.25, 0.3) is 0 Å². The Morgan fingerprint density at radius 2 is 1.85 bits per heavy atom. The lowest BCUT2D eigenvalue weighted by Crippen LogP contribution is -2.51. The molecule has 10 N–H and O–H groups in total. The van der Waals surface area contributed by atoms with E-state index in [9.17, 15) is 4.79 Å². The first kappa shape index (κ1) is 28.0. The molecule has 4 rings (SSSR count). The van der Waals surface area contributed by atoms with Crippen molar-refractivity contribution in [2.24, 2.45) is 22.2 Å². The van der Waals surface area contributed by atoms with Crippen LogP contribution in [0, 0.1) is 0 Å². The highest BCUT2D eigenvalue weighted by atomic mass is 16.5. The molecule has 2 aliphatic rings. The van der Waals surface area contributed by atoms with Crippen LogP contribution >= 0.6 is 0 Å². The molecule has 0 bridgehead atoms. The minimum absolute atomic E-state index is 0.117. The van der Waals surface area contributed by atoms with Gasteiger partial charge >= 0.3 is 6.03 Å². The number of carbonyl (C=O) groups excluding carboxylic acids is 1. The third kappa shape index (κ3) is 8.21. The molecular weight excluding hydrogens is 494 g/mol. The van der Waals surface area contributed by atoms with Gasteiger partial charge in [0.05, 0.1) is 12.3 Å². The summed E-state index contributed by atoms with van der Waals surface area (Å²) in [5.74, 6) is 0.929. The van der Waals surface area contributed by atoms with Crippen molar-refractivity contribution in [1.82, 2.24) is 21.3 Å². The molecule has 2 heterocycles. The van der Waals surface area contributed by atoms with Gasteiger partial charge in [0.15, 0.2) is 5.96 Å². The molecular formula is C28H39N9O2. The number of anilines is 1. The quantitative estimate of drug-likeness (QED) is 0.102. The maximum atomic E-state index is 12.9. The second-order valence-corrected chi connectivity index (χ2v) is 9.36. The second-order valence-electron chi connectivity index (χ2n) is 9.36. The molecule has 208 valence electrons. The summed E-state index contributed by atoms with van der Waals surface area (Å²) in [6, 6.07) is 15.7. The number of guanidine groups is 1. The molecule has 2 aromatic carbocycles. The van der Waals surface area contributed by atoms with Crippen LogP contribution in [0.4, 0.5) is 10.5 Å². The summed E-state index contributed by atoms with van der Waals surface area (Å²) in [4.78, 5) is 18.5. The van der Waals surface area contributed by atoms with Gasteiger partial charge in [-0.25, -0.2) is 4.79 Å². The number of benzene rings is 2. The van der Waals surface area contributed by atoms with Gasteiger partial charge in [-0.05, 0) is 61.8 Å². The molecule has 0 spiro atoms. The fourth-order valence-electron chi connectivity index (χ4n) is 4.31. The maximum absolute atomic E-state index is 12.9. The molecule has 39 heavy (non-hydrogen) atoms. The van der Waals surface area contributed by atoms with Gasteiger partial charge in [0.1, 0.15) is 11.9 Å². The van der Waals surface area contributed by atoms with Crippen LogP contribution in [0.25, 0.3) is 5.70 Å². The van der Waals surface area contributed by atoms with Gasteiger partial charge in [-0.15, -0.1) is 0 Å². The molecule has 2 aromatic rings. The first-order valence-corrected chi connectivity index (χ1v) is 13.3. The standard InChI is InChI=1S/C28H39N9O2/c29-10-14-32-12-3-15-39-24-5-1-4-21(16-24)25-17-22-19-37(28(38)36-26(22)35-25)23-8-6-20(7-9-23)18-33-11-2-13-34-27(30)31/h1,4-9,16-17,19,26,32-33,35H,2-3,10-15,18,29H2,(H,36,38)(H4,30,31,34). The summed E-state index contributed by atoms with van der Waals surface area (Å²) in [6.07, 6.45) is 5.43. The van der Waals surface area contributed by atoms with Crippen LogP contribution in [-0.2, 0) is 6.54 Å². The number of amides is 2. The Morgan fingerprint density at radius 1 is 1.03 bits per heavy atom. The van der Waals surface area contributed by atoms with Gasteiger partial charge in [-0.2, -0.15) is 0 Å². The van der Waals surface area contributed by atoms with E-state index in [1.54, 1.807) is 4.90 Å². The van der Waals surface area contributed by atoms with E-state index in [0.29, 0.717) is 19.7 Å². The molecule has 0 saturated carbocycles. The average molecular weight is 534 g/mol. The van der Waals surface area contributed by atoms with Crippen molar-refractivity contribution in [2.45, 2.75) is 25.6 Å². The van der Waals surface area contributed by atoms with E-state index in [2.05, 4.69) is 32.3 Å². The number of nitrogens with two attached hydrogens (primary N) is 3. The molecule has 11 nitrogen and oxygen atoms in total. The van der Waals surface area contributed by atoms with E-state index in [4.69, 9.17) is 21.9 Å². The minimum Gasteiger partial charge on any atom is -0.494 e. The van der Waals surface area contributed by atoms with Gasteiger partial charge < -0.3 is 43.2 Å². The molecule has 0 aromatic heterocycles. The van der Waals surface area contributed by atoms with Crippen LogP contribution in [0.5, 0.6) is 5.75 Å². The van der Waals surface area contributed by atoms with E-state index in [0.717, 1.165) is 72.9 Å². The van der Waals surface area contributed by atoms with Crippen molar-refractivity contribution >= 4 is 23.4 Å². The molecule has 0 saturated heterocycles. The van der Waals surface area contributed by atoms with Crippen molar-refractivity contribution in [1.29, 1.82) is 0 Å². The molecule has 0 aliphatic carbocycles. The van der Waals surface area contributed by atoms with Crippen LogP contribution < -0.4 is 48.1 Å². The van der Waals surface area contributed by atoms with Crippen LogP contribution in [0.15, 0.2) is 71.4 Å². The zero-order valence-electron chi connectivity index (χ0n) is 22.2. The number of nitrogens with one attached hydrogen (secondary N) is 4. The maximum Gasteiger partial charge on any atom is 0.327 e. The molecule has 1 unspecified atom stereocenters. The third-order valence-electron chi connectivity index (χ3n) is 6.29. The number of fused-ring (bicyclic) bond motifs is 1. The zero-order valence-corrected chi connectivity index (χ0v) is 22.2. The highest BCUT2D eigenvalue weighted by molar-refractivity contribution is 5.96. The van der Waals surface area contributed by atoms with Crippen LogP contribution in [0.1, 0.15) is 24.0 Å². The van der Waals surface area contributed by atoms with Gasteiger partial charge in [-0.1, -0.05) is 24.3 Å². The summed E-state index contributed by atoms with van der Waals surface area (Å²) in [6.45, 7) is 5.08. The predicted octanol–water partition coefficient (Wildman–Crippen LogP) is 1.14. The second kappa shape index (κ2) is 14.2. The van der Waals surface area contributed by atoms with E-state index in [1.165, 1.54) is 0 Å². The van der Waals surface area contributed by atoms with Crippen molar-refractivity contribution in [2.75, 3.05) is 44.2 Å². The monoisotopic (exact) mass is 533 g/mol. The first-order valence-electron chi connectivity index (χ1n) is 13.3. The summed E-state index contributed by atoms with van der Waals surface area (Å²) in [7, 11) is 0. The zero-order chi connectivity index (χ0) is 27.5. The highest BCUT2D eigenvalue weighted by Crippen LogP contribution is 2.29. The van der Waals surface area contributed by atoms with E-state index >= 15 is 0 Å². The smallest absolute Gasteiger partial charge is 0.327 e. The fourth-order valence-corrected chi connectivity index (χ4v) is 4.31. The van der Waals surface area contributed by atoms with Gasteiger partial charge in [0.2, 0.25) is 0 Å². The number of hydrogen-bond acceptors (Lipinski definition) is 7. The van der Waals surface area contributed by atoms with Gasteiger partial charge in [0, 0.05) is 49.2 Å². The Morgan fingerprint density at radius 3 is 2.64 bits per heavy atom. The first-order chi connectivity index (χ1) is 19.0. The molecule has 2 aliphatic heterocycles. The number of aliphatic imine (C=N–C) groups is 1. The molecule has 0 radical (unpaired) electrons. The van der Waals surface area contributed by atoms with Crippen molar-refractivity contribution in [3.05, 3.63) is 77.5 Å². The topological polar surface area (TPSA) is 168 Å². The largest absolute Gasteiger partial charge is 0.494 e. The number of ether oxygens (including phenoxy) is 1. The SMILES string of the molecule is NCCNCCCOc1cccc(C2=CC3=CN(c4ccc(CNCCCN=C(N)N)cc4)C(=O)NC3N2)c1. The number of nitrogens with zero attached hydrogens (tertiary/aromatic N) is 2. The summed E-state index contributed by atoms with van der Waals surface area (Å²) < 4.78 is 5.92. The molecule has 0 fully saturated rings. The number of hydrogen-bond donors (Lipinski definition) is 7. The van der Waals surface area contributed by atoms with Crippen molar-refractivity contribution in [3.63, 3.8) is 0 Å². The minimum atomic E-state index is -0.274. The lowest BCUT2D eigenvalue weighted by Gasteiger charge is -2.29. The highest BCUT2D eigenvalue weighted by Gasteiger charge is 2.31. The van der Waals surface area contributed by atoms with Crippen molar-refractivity contribution in [3.8, 4) is 5.75 Å². The van der Waals surface area contributed by atoms with E-state index in [-0.39, 0.29) is 18.2 Å². The van der Waals surface area contributed by atoms with Crippen LogP contribution in [-0.4, -0.2) is 57.5 Å². The Kier molecular flexibility index (Phi) is 10.2. The molecule has 1 atom stereocenters. The number of carbonyl (C=O) groups is 1. The summed E-state index contributed by atoms with van der Waals surface area (Å²) in [5.41, 5.74) is 21.0.